The maximum absolute atomic E-state index is 2.48. The van der Waals surface area contributed by atoms with Crippen LogP contribution in [0.15, 0.2) is 60.8 Å². The fourth-order valence-electron chi connectivity index (χ4n) is 5.04. The first-order valence-corrected chi connectivity index (χ1v) is 9.74. The monoisotopic (exact) mass is 364 g/mol. The minimum absolute atomic E-state index is 1.26. The van der Waals surface area contributed by atoms with Crippen molar-refractivity contribution < 1.29 is 4.57 Å². The molecule has 0 fully saturated rings. The first-order chi connectivity index (χ1) is 13.6. The van der Waals surface area contributed by atoms with Crippen molar-refractivity contribution in [2.45, 2.75) is 6.92 Å². The normalized spacial score (nSPS) is 12.3. The summed E-state index contributed by atoms with van der Waals surface area (Å²) < 4.78 is 4.76. The number of hydrogen-bond donors (Lipinski definition) is 0. The zero-order valence-electron chi connectivity index (χ0n) is 16.6. The first-order valence-electron chi connectivity index (χ1n) is 9.74. The van der Waals surface area contributed by atoms with Gasteiger partial charge in [0.25, 0.3) is 0 Å². The van der Waals surface area contributed by atoms with Crippen LogP contribution in [0.2, 0.25) is 0 Å². The molecule has 0 aliphatic carbocycles. The molecule has 3 heteroatoms. The number of nitrogens with zero attached hydrogens (tertiary/aromatic N) is 3. The number of aromatic nitrogens is 2. The maximum Gasteiger partial charge on any atom is 0.224 e. The highest BCUT2D eigenvalue weighted by Crippen LogP contribution is 2.42. The SMILES string of the molecule is Cc1ccc2c3c(N(C)C)cccc3n3c4cccc5cc[n+](C)c(c1c23)c54. The van der Waals surface area contributed by atoms with Crippen molar-refractivity contribution in [1.29, 1.82) is 0 Å². The van der Waals surface area contributed by atoms with Gasteiger partial charge in [0.15, 0.2) is 6.20 Å². The average Bonchev–Trinajstić information content (AvgIpc) is 3.03. The van der Waals surface area contributed by atoms with E-state index in [0.29, 0.717) is 0 Å². The van der Waals surface area contributed by atoms with Crippen LogP contribution >= 0.6 is 0 Å². The second-order valence-corrected chi connectivity index (χ2v) is 8.07. The molecule has 0 radical (unpaired) electrons. The molecule has 28 heavy (non-hydrogen) atoms. The maximum atomic E-state index is 2.48. The zero-order valence-corrected chi connectivity index (χ0v) is 16.6. The van der Waals surface area contributed by atoms with E-state index in [9.17, 15) is 0 Å². The smallest absolute Gasteiger partial charge is 0.224 e. The van der Waals surface area contributed by atoms with Crippen molar-refractivity contribution in [1.82, 2.24) is 4.40 Å². The van der Waals surface area contributed by atoms with Gasteiger partial charge in [0.1, 0.15) is 7.05 Å². The number of aryl methyl sites for hydroxylation is 2. The molecule has 3 aromatic carbocycles. The minimum Gasteiger partial charge on any atom is -0.377 e. The Morgan fingerprint density at radius 1 is 0.821 bits per heavy atom. The standard InChI is InChI=1S/C25H22N3/c1-15-11-12-17-23-18(26(2)3)8-6-10-20(23)28-19-9-5-7-16-13-14-27(4)25(22(16)19)21(15)24(17)28/h5-14H,1-4H3/q+1. The Kier molecular flexibility index (Phi) is 2.88. The van der Waals surface area contributed by atoms with E-state index in [1.54, 1.807) is 0 Å². The molecular weight excluding hydrogens is 342 g/mol. The van der Waals surface area contributed by atoms with Crippen LogP contribution in [-0.2, 0) is 7.05 Å². The van der Waals surface area contributed by atoms with Gasteiger partial charge in [0.05, 0.1) is 27.3 Å². The summed E-state index contributed by atoms with van der Waals surface area (Å²) in [5.74, 6) is 0. The van der Waals surface area contributed by atoms with Crippen LogP contribution in [0, 0.1) is 6.92 Å². The van der Waals surface area contributed by atoms with Crippen LogP contribution < -0.4 is 9.47 Å². The van der Waals surface area contributed by atoms with E-state index >= 15 is 0 Å². The average molecular weight is 364 g/mol. The van der Waals surface area contributed by atoms with Gasteiger partial charge in [-0.1, -0.05) is 30.3 Å². The molecule has 0 amide bonds. The molecule has 0 N–H and O–H groups in total. The minimum atomic E-state index is 1.26. The van der Waals surface area contributed by atoms with Crippen molar-refractivity contribution in [2.75, 3.05) is 19.0 Å². The molecule has 6 rings (SSSR count). The third-order valence-electron chi connectivity index (χ3n) is 6.24. The molecule has 0 atom stereocenters. The number of pyridine rings is 2. The Labute approximate surface area is 163 Å². The molecule has 0 saturated carbocycles. The Bertz CT molecular complexity index is 1550. The largest absolute Gasteiger partial charge is 0.377 e. The summed E-state index contributed by atoms with van der Waals surface area (Å²) in [4.78, 5) is 2.22. The lowest BCUT2D eigenvalue weighted by Crippen LogP contribution is -2.28. The van der Waals surface area contributed by atoms with E-state index < -0.39 is 0 Å². The Hall–Kier alpha value is -3.33. The van der Waals surface area contributed by atoms with Gasteiger partial charge >= 0.3 is 0 Å². The summed E-state index contributed by atoms with van der Waals surface area (Å²) in [6.45, 7) is 2.23. The van der Waals surface area contributed by atoms with Crippen LogP contribution in [0.4, 0.5) is 5.69 Å². The number of rotatable bonds is 1. The summed E-state index contributed by atoms with van der Waals surface area (Å²) >= 11 is 0. The highest BCUT2D eigenvalue weighted by molar-refractivity contribution is 6.27. The second kappa shape index (κ2) is 5.14. The lowest BCUT2D eigenvalue weighted by Gasteiger charge is -2.14. The van der Waals surface area contributed by atoms with Gasteiger partial charge in [-0.3, -0.25) is 0 Å². The van der Waals surface area contributed by atoms with Crippen LogP contribution in [0.3, 0.4) is 0 Å². The molecule has 0 aliphatic heterocycles. The summed E-state index contributed by atoms with van der Waals surface area (Å²) in [5.41, 5.74) is 7.78. The quantitative estimate of drug-likeness (QED) is 0.222. The third kappa shape index (κ3) is 1.72. The lowest BCUT2D eigenvalue weighted by molar-refractivity contribution is -0.643. The molecule has 0 bridgehead atoms. The van der Waals surface area contributed by atoms with E-state index in [1.165, 1.54) is 60.2 Å². The fourth-order valence-corrected chi connectivity index (χ4v) is 5.04. The molecule has 136 valence electrons. The molecule has 6 aromatic rings. The Balaban J connectivity index is 2.11. The lowest BCUT2D eigenvalue weighted by atomic mass is 9.99. The molecule has 3 heterocycles. The van der Waals surface area contributed by atoms with Crippen LogP contribution in [-0.4, -0.2) is 18.5 Å². The first kappa shape index (κ1) is 15.7. The third-order valence-corrected chi connectivity index (χ3v) is 6.24. The molecule has 0 spiro atoms. The molecule has 3 aromatic heterocycles. The Morgan fingerprint density at radius 2 is 1.57 bits per heavy atom. The Morgan fingerprint density at radius 3 is 2.36 bits per heavy atom. The van der Waals surface area contributed by atoms with Gasteiger partial charge in [0.2, 0.25) is 5.52 Å². The number of hydrogen-bond acceptors (Lipinski definition) is 1. The van der Waals surface area contributed by atoms with E-state index in [4.69, 9.17) is 0 Å². The fraction of sp³-hybridized carbons (Fsp3) is 0.160. The van der Waals surface area contributed by atoms with Gasteiger partial charge < -0.3 is 9.30 Å². The van der Waals surface area contributed by atoms with Gasteiger partial charge in [0, 0.05) is 36.6 Å². The molecule has 3 nitrogen and oxygen atoms in total. The van der Waals surface area contributed by atoms with E-state index in [2.05, 4.69) is 103 Å². The van der Waals surface area contributed by atoms with Gasteiger partial charge in [-0.05, 0) is 36.1 Å². The predicted octanol–water partition coefficient (Wildman–Crippen LogP) is 5.19. The predicted molar refractivity (Wildman–Crippen MR) is 119 cm³/mol. The van der Waals surface area contributed by atoms with Gasteiger partial charge in [-0.2, -0.15) is 0 Å². The van der Waals surface area contributed by atoms with Crippen molar-refractivity contribution in [2.24, 2.45) is 7.05 Å². The van der Waals surface area contributed by atoms with Crippen LogP contribution in [0.25, 0.3) is 49.0 Å². The summed E-state index contributed by atoms with van der Waals surface area (Å²) in [6.07, 6.45) is 2.18. The van der Waals surface area contributed by atoms with Crippen molar-refractivity contribution in [3.8, 4) is 0 Å². The topological polar surface area (TPSA) is 11.5 Å². The number of anilines is 1. The van der Waals surface area contributed by atoms with Gasteiger partial charge in [-0.15, -0.1) is 0 Å². The highest BCUT2D eigenvalue weighted by Gasteiger charge is 2.24. The van der Waals surface area contributed by atoms with Crippen LogP contribution in [0.1, 0.15) is 5.56 Å². The zero-order chi connectivity index (χ0) is 19.2. The van der Waals surface area contributed by atoms with Crippen LogP contribution in [0.5, 0.6) is 0 Å². The van der Waals surface area contributed by atoms with Gasteiger partial charge in [-0.25, -0.2) is 4.57 Å². The van der Waals surface area contributed by atoms with E-state index in [-0.39, 0.29) is 0 Å². The summed E-state index contributed by atoms with van der Waals surface area (Å²) in [5, 5.41) is 6.63. The molecular formula is C25H22N3+. The molecule has 0 saturated heterocycles. The van der Waals surface area contributed by atoms with Crippen molar-refractivity contribution in [3.05, 3.63) is 66.4 Å². The summed E-state index contributed by atoms with van der Waals surface area (Å²) in [6, 6.07) is 20.1. The molecule has 0 aliphatic rings. The van der Waals surface area contributed by atoms with E-state index in [1.807, 2.05) is 0 Å². The number of benzene rings is 3. The van der Waals surface area contributed by atoms with E-state index in [0.717, 1.165) is 0 Å². The number of fused-ring (bicyclic) bond motifs is 5. The van der Waals surface area contributed by atoms with Crippen molar-refractivity contribution in [3.63, 3.8) is 0 Å². The summed E-state index contributed by atoms with van der Waals surface area (Å²) in [7, 11) is 6.41. The highest BCUT2D eigenvalue weighted by atomic mass is 15.1. The van der Waals surface area contributed by atoms with Crippen molar-refractivity contribution >= 4 is 54.7 Å². The second-order valence-electron chi connectivity index (χ2n) is 8.07. The molecule has 0 unspecified atom stereocenters.